The van der Waals surface area contributed by atoms with Crippen LogP contribution in [0.15, 0.2) is 10.4 Å². The van der Waals surface area contributed by atoms with Gasteiger partial charge in [-0.25, -0.2) is 4.98 Å². The zero-order valence-electron chi connectivity index (χ0n) is 17.1. The topological polar surface area (TPSA) is 71.0 Å². The van der Waals surface area contributed by atoms with Crippen LogP contribution in [0.5, 0.6) is 0 Å². The number of aromatic nitrogens is 1. The molecule has 0 aliphatic carbocycles. The number of anilines is 1. The highest BCUT2D eigenvalue weighted by Gasteiger charge is 2.15. The molecule has 0 saturated carbocycles. The number of nitrogens with one attached hydrogen (secondary N) is 2. The molecular weight excluding hydrogens is 374 g/mol. The van der Waals surface area contributed by atoms with Gasteiger partial charge in [0.05, 0.1) is 5.69 Å². The van der Waals surface area contributed by atoms with Gasteiger partial charge in [-0.2, -0.15) is 0 Å². The lowest BCUT2D eigenvalue weighted by Gasteiger charge is -2.21. The van der Waals surface area contributed by atoms with Crippen molar-refractivity contribution >= 4 is 22.4 Å². The van der Waals surface area contributed by atoms with Crippen molar-refractivity contribution in [2.45, 2.75) is 38.5 Å². The maximum atomic E-state index is 5.81. The molecule has 2 aliphatic rings. The molecule has 2 fully saturated rings. The van der Waals surface area contributed by atoms with Gasteiger partial charge in [0, 0.05) is 71.5 Å². The Kier molecular flexibility index (Phi) is 9.32. The van der Waals surface area contributed by atoms with Crippen LogP contribution in [-0.4, -0.2) is 70.6 Å². The van der Waals surface area contributed by atoms with Crippen molar-refractivity contribution in [3.8, 4) is 0 Å². The molecule has 0 unspecified atom stereocenters. The standard InChI is InChI=1S/C20H35N5O2S/c1-21-19(22-8-4-12-27-15-17-6-13-26-14-7-17)23-9-5-18-16-28-20(24-18)25-10-2-3-11-25/h16-17H,2-15H2,1H3,(H2,21,22,23). The van der Waals surface area contributed by atoms with E-state index in [1.165, 1.54) is 18.0 Å². The van der Waals surface area contributed by atoms with Crippen LogP contribution in [0.2, 0.25) is 0 Å². The fourth-order valence-electron chi connectivity index (χ4n) is 3.54. The van der Waals surface area contributed by atoms with Crippen molar-refractivity contribution in [3.63, 3.8) is 0 Å². The van der Waals surface area contributed by atoms with E-state index in [0.29, 0.717) is 5.92 Å². The third kappa shape index (κ3) is 7.22. The van der Waals surface area contributed by atoms with Gasteiger partial charge in [0.2, 0.25) is 0 Å². The highest BCUT2D eigenvalue weighted by Crippen LogP contribution is 2.24. The molecule has 0 aromatic carbocycles. The molecule has 2 N–H and O–H groups in total. The van der Waals surface area contributed by atoms with E-state index in [-0.39, 0.29) is 0 Å². The molecule has 3 heterocycles. The zero-order chi connectivity index (χ0) is 19.4. The number of aliphatic imine (C=N–C) groups is 1. The van der Waals surface area contributed by atoms with E-state index in [2.05, 4.69) is 25.9 Å². The molecule has 7 nitrogen and oxygen atoms in total. The Morgan fingerprint density at radius 1 is 1.29 bits per heavy atom. The predicted octanol–water partition coefficient (Wildman–Crippen LogP) is 2.28. The zero-order valence-corrected chi connectivity index (χ0v) is 17.9. The third-order valence-electron chi connectivity index (χ3n) is 5.27. The molecular formula is C20H35N5O2S. The van der Waals surface area contributed by atoms with E-state index in [4.69, 9.17) is 14.5 Å². The van der Waals surface area contributed by atoms with Crippen LogP contribution in [0.3, 0.4) is 0 Å². The first-order valence-electron chi connectivity index (χ1n) is 10.6. The Hall–Kier alpha value is -1.38. The van der Waals surface area contributed by atoms with Crippen molar-refractivity contribution in [1.82, 2.24) is 15.6 Å². The molecule has 0 amide bonds. The molecule has 0 atom stereocenters. The van der Waals surface area contributed by atoms with Crippen molar-refractivity contribution in [2.24, 2.45) is 10.9 Å². The van der Waals surface area contributed by atoms with Crippen LogP contribution in [0, 0.1) is 5.92 Å². The van der Waals surface area contributed by atoms with Crippen molar-refractivity contribution < 1.29 is 9.47 Å². The van der Waals surface area contributed by atoms with E-state index >= 15 is 0 Å². The predicted molar refractivity (Wildman–Crippen MR) is 116 cm³/mol. The van der Waals surface area contributed by atoms with Gasteiger partial charge in [-0.05, 0) is 38.0 Å². The molecule has 0 radical (unpaired) electrons. The Balaban J connectivity index is 1.22. The van der Waals surface area contributed by atoms with E-state index in [1.54, 1.807) is 11.3 Å². The van der Waals surface area contributed by atoms with Crippen LogP contribution < -0.4 is 15.5 Å². The maximum Gasteiger partial charge on any atom is 0.190 e. The minimum atomic E-state index is 0.674. The van der Waals surface area contributed by atoms with Gasteiger partial charge in [-0.3, -0.25) is 4.99 Å². The van der Waals surface area contributed by atoms with Crippen LogP contribution >= 0.6 is 11.3 Å². The monoisotopic (exact) mass is 409 g/mol. The highest BCUT2D eigenvalue weighted by molar-refractivity contribution is 7.13. The smallest absolute Gasteiger partial charge is 0.190 e. The Bertz CT molecular complexity index is 583. The number of guanidine groups is 1. The first kappa shape index (κ1) is 21.3. The molecule has 1 aromatic rings. The van der Waals surface area contributed by atoms with Gasteiger partial charge in [-0.1, -0.05) is 0 Å². The summed E-state index contributed by atoms with van der Waals surface area (Å²) in [5, 5.41) is 10.1. The van der Waals surface area contributed by atoms with Crippen LogP contribution in [-0.2, 0) is 15.9 Å². The molecule has 28 heavy (non-hydrogen) atoms. The lowest BCUT2D eigenvalue weighted by Crippen LogP contribution is -2.39. The van der Waals surface area contributed by atoms with Gasteiger partial charge < -0.3 is 25.0 Å². The minimum absolute atomic E-state index is 0.674. The van der Waals surface area contributed by atoms with Crippen LogP contribution in [0.4, 0.5) is 5.13 Å². The SMILES string of the molecule is CN=C(NCCCOCC1CCOCC1)NCCc1csc(N2CCCC2)n1. The lowest BCUT2D eigenvalue weighted by atomic mass is 10.0. The maximum absolute atomic E-state index is 5.81. The van der Waals surface area contributed by atoms with E-state index in [9.17, 15) is 0 Å². The first-order chi connectivity index (χ1) is 13.8. The van der Waals surface area contributed by atoms with Gasteiger partial charge in [0.1, 0.15) is 0 Å². The summed E-state index contributed by atoms with van der Waals surface area (Å²) in [4.78, 5) is 11.5. The summed E-state index contributed by atoms with van der Waals surface area (Å²) >= 11 is 1.76. The summed E-state index contributed by atoms with van der Waals surface area (Å²) in [6.07, 6.45) is 6.74. The van der Waals surface area contributed by atoms with E-state index in [1.807, 2.05) is 7.05 Å². The second kappa shape index (κ2) is 12.2. The largest absolute Gasteiger partial charge is 0.381 e. The Morgan fingerprint density at radius 2 is 2.07 bits per heavy atom. The lowest BCUT2D eigenvalue weighted by molar-refractivity contribution is 0.0203. The third-order valence-corrected chi connectivity index (χ3v) is 6.22. The molecule has 2 saturated heterocycles. The molecule has 1 aromatic heterocycles. The Labute approximate surface area is 172 Å². The highest BCUT2D eigenvalue weighted by atomic mass is 32.1. The fourth-order valence-corrected chi connectivity index (χ4v) is 4.45. The summed E-state index contributed by atoms with van der Waals surface area (Å²) in [6, 6.07) is 0. The second-order valence-corrected chi connectivity index (χ2v) is 8.31. The first-order valence-corrected chi connectivity index (χ1v) is 11.5. The number of hydrogen-bond acceptors (Lipinski definition) is 6. The summed E-state index contributed by atoms with van der Waals surface area (Å²) < 4.78 is 11.2. The second-order valence-electron chi connectivity index (χ2n) is 7.48. The van der Waals surface area contributed by atoms with Gasteiger partial charge in [0.15, 0.2) is 11.1 Å². The number of rotatable bonds is 10. The fraction of sp³-hybridized carbons (Fsp3) is 0.800. The molecule has 158 valence electrons. The van der Waals surface area contributed by atoms with E-state index in [0.717, 1.165) is 89.9 Å². The van der Waals surface area contributed by atoms with Crippen LogP contribution in [0.1, 0.15) is 37.8 Å². The van der Waals surface area contributed by atoms with Gasteiger partial charge in [0.25, 0.3) is 0 Å². The number of thiazole rings is 1. The summed E-state index contributed by atoms with van der Waals surface area (Å²) in [7, 11) is 1.81. The average molecular weight is 410 g/mol. The van der Waals surface area contributed by atoms with Crippen LogP contribution in [0.25, 0.3) is 0 Å². The number of nitrogens with zero attached hydrogens (tertiary/aromatic N) is 3. The molecule has 0 spiro atoms. The van der Waals surface area contributed by atoms with Gasteiger partial charge >= 0.3 is 0 Å². The summed E-state index contributed by atoms with van der Waals surface area (Å²) in [6.45, 7) is 7.44. The van der Waals surface area contributed by atoms with Crippen molar-refractivity contribution in [3.05, 3.63) is 11.1 Å². The molecule has 2 aliphatic heterocycles. The van der Waals surface area contributed by atoms with Gasteiger partial charge in [-0.15, -0.1) is 11.3 Å². The molecule has 0 bridgehead atoms. The molecule has 8 heteroatoms. The number of ether oxygens (including phenoxy) is 2. The Morgan fingerprint density at radius 3 is 2.86 bits per heavy atom. The van der Waals surface area contributed by atoms with Crippen molar-refractivity contribution in [2.75, 3.05) is 64.6 Å². The number of hydrogen-bond donors (Lipinski definition) is 2. The molecule has 3 rings (SSSR count). The van der Waals surface area contributed by atoms with Crippen molar-refractivity contribution in [1.29, 1.82) is 0 Å². The normalized spacial score (nSPS) is 18.6. The average Bonchev–Trinajstić information content (AvgIpc) is 3.41. The summed E-state index contributed by atoms with van der Waals surface area (Å²) in [5.74, 6) is 1.52. The quantitative estimate of drug-likeness (QED) is 0.351. The summed E-state index contributed by atoms with van der Waals surface area (Å²) in [5.41, 5.74) is 1.16. The van der Waals surface area contributed by atoms with E-state index < -0.39 is 0 Å². The minimum Gasteiger partial charge on any atom is -0.381 e.